The second-order valence-electron chi connectivity index (χ2n) is 8.33. The van der Waals surface area contributed by atoms with Crippen LogP contribution < -0.4 is 5.32 Å². The van der Waals surface area contributed by atoms with Crippen LogP contribution in [0.2, 0.25) is 0 Å². The molecule has 14 heteroatoms. The van der Waals surface area contributed by atoms with Crippen molar-refractivity contribution in [2.75, 3.05) is 125 Å². The Labute approximate surface area is 249 Å². The maximum Gasteiger partial charge on any atom is 0.222 e. The van der Waals surface area contributed by atoms with E-state index in [0.717, 1.165) is 0 Å². The Morgan fingerprint density at radius 1 is 0.786 bits per heavy atom. The van der Waals surface area contributed by atoms with E-state index in [1.54, 1.807) is 6.08 Å². The first kappa shape index (κ1) is 39.3. The van der Waals surface area contributed by atoms with E-state index in [1.165, 1.54) is 0 Å². The first-order valence-electron chi connectivity index (χ1n) is 13.7. The van der Waals surface area contributed by atoms with Gasteiger partial charge in [0.05, 0.1) is 106 Å². The van der Waals surface area contributed by atoms with Gasteiger partial charge in [-0.15, -0.1) is 19.4 Å². The largest absolute Gasteiger partial charge is 0.379 e. The number of hydrogen-bond donors (Lipinski definition) is 1. The minimum Gasteiger partial charge on any atom is -0.379 e. The number of hydrogen-bond acceptors (Lipinski definition) is 11. The number of amides is 1. The van der Waals surface area contributed by atoms with Gasteiger partial charge >= 0.3 is 0 Å². The third-order valence-electron chi connectivity index (χ3n) is 4.95. The van der Waals surface area contributed by atoms with Gasteiger partial charge in [-0.3, -0.25) is 4.79 Å². The summed E-state index contributed by atoms with van der Waals surface area (Å²) >= 11 is 0. The second-order valence-corrected chi connectivity index (χ2v) is 8.33. The molecule has 0 spiro atoms. The lowest BCUT2D eigenvalue weighted by molar-refractivity contribution is -0.133. The molecular formula is C28H46N4O10. The zero-order valence-corrected chi connectivity index (χ0v) is 24.5. The third kappa shape index (κ3) is 26.2. The fraction of sp³-hybridized carbons (Fsp3) is 0.750. The Morgan fingerprint density at radius 3 is 1.79 bits per heavy atom. The molecule has 0 fully saturated rings. The van der Waals surface area contributed by atoms with Crippen molar-refractivity contribution in [2.24, 2.45) is 5.11 Å². The van der Waals surface area contributed by atoms with Gasteiger partial charge in [0.1, 0.15) is 18.8 Å². The van der Waals surface area contributed by atoms with Crippen molar-refractivity contribution in [3.05, 3.63) is 23.1 Å². The Morgan fingerprint density at radius 2 is 1.29 bits per heavy atom. The first-order chi connectivity index (χ1) is 20.6. The minimum absolute atomic E-state index is 0.0190. The SMILES string of the molecule is C#CCOCC(CNC(=O)CCOCCOCCOCCOCCOCCOCCN=[N+]=[N-])(COCC=C)OCC#C. The summed E-state index contributed by atoms with van der Waals surface area (Å²) in [6, 6.07) is 0. The average molecular weight is 599 g/mol. The topological polar surface area (TPSA) is 161 Å². The number of carbonyl (C=O) groups excluding carboxylic acids is 1. The number of rotatable bonds is 32. The molecule has 0 saturated heterocycles. The van der Waals surface area contributed by atoms with E-state index < -0.39 is 5.60 Å². The zero-order valence-electron chi connectivity index (χ0n) is 24.5. The van der Waals surface area contributed by atoms with Crippen LogP contribution in [0, 0.1) is 24.7 Å². The monoisotopic (exact) mass is 598 g/mol. The van der Waals surface area contributed by atoms with Crippen LogP contribution in [-0.2, 0) is 47.4 Å². The minimum atomic E-state index is -0.994. The molecule has 1 amide bonds. The van der Waals surface area contributed by atoms with Crippen molar-refractivity contribution in [1.82, 2.24) is 5.32 Å². The van der Waals surface area contributed by atoms with E-state index >= 15 is 0 Å². The van der Waals surface area contributed by atoms with Crippen LogP contribution in [0.5, 0.6) is 0 Å². The van der Waals surface area contributed by atoms with E-state index in [0.29, 0.717) is 85.8 Å². The molecule has 14 nitrogen and oxygen atoms in total. The number of carbonyl (C=O) groups is 1. The highest BCUT2D eigenvalue weighted by molar-refractivity contribution is 5.76. The van der Waals surface area contributed by atoms with E-state index in [-0.39, 0.29) is 51.9 Å². The highest BCUT2D eigenvalue weighted by Crippen LogP contribution is 2.13. The maximum atomic E-state index is 12.3. The van der Waals surface area contributed by atoms with Crippen molar-refractivity contribution in [3.8, 4) is 24.7 Å². The molecule has 0 aliphatic rings. The van der Waals surface area contributed by atoms with Gasteiger partial charge in [0, 0.05) is 17.9 Å². The maximum absolute atomic E-state index is 12.3. The Bertz CT molecular complexity index is 799. The van der Waals surface area contributed by atoms with Crippen LogP contribution in [0.3, 0.4) is 0 Å². The van der Waals surface area contributed by atoms with Gasteiger partial charge in [-0.1, -0.05) is 23.0 Å². The molecule has 1 atom stereocenters. The molecule has 0 aromatic rings. The molecule has 0 aromatic heterocycles. The van der Waals surface area contributed by atoms with Crippen molar-refractivity contribution in [1.29, 1.82) is 0 Å². The molecule has 1 unspecified atom stereocenters. The quantitative estimate of drug-likeness (QED) is 0.0297. The molecule has 0 aliphatic carbocycles. The predicted octanol–water partition coefficient (Wildman–Crippen LogP) is 1.14. The van der Waals surface area contributed by atoms with Crippen molar-refractivity contribution < 1.29 is 47.4 Å². The van der Waals surface area contributed by atoms with Crippen LogP contribution in [0.4, 0.5) is 0 Å². The molecule has 42 heavy (non-hydrogen) atoms. The molecule has 0 heterocycles. The molecule has 1 N–H and O–H groups in total. The average Bonchev–Trinajstić information content (AvgIpc) is 3.00. The van der Waals surface area contributed by atoms with Gasteiger partial charge in [0.2, 0.25) is 5.91 Å². The second kappa shape index (κ2) is 31.2. The molecular weight excluding hydrogens is 552 g/mol. The lowest BCUT2D eigenvalue weighted by Crippen LogP contribution is -2.52. The standard InChI is InChI=1S/C28H46N4O10/c1-4-9-40-25-28(42-11-6-3,26-41-10-5-2)24-30-27(33)7-12-34-14-16-36-18-20-38-22-23-39-21-19-37-17-15-35-13-8-31-32-29/h1,3,5H,2,7-26H2,(H,30,33). The lowest BCUT2D eigenvalue weighted by Gasteiger charge is -2.32. The van der Waals surface area contributed by atoms with Crippen LogP contribution in [0.15, 0.2) is 17.8 Å². The fourth-order valence-corrected chi connectivity index (χ4v) is 2.96. The summed E-state index contributed by atoms with van der Waals surface area (Å²) in [5.41, 5.74) is 7.14. The first-order valence-corrected chi connectivity index (χ1v) is 13.7. The Balaban J connectivity index is 3.76. The van der Waals surface area contributed by atoms with Gasteiger partial charge in [0.15, 0.2) is 0 Å². The van der Waals surface area contributed by atoms with E-state index in [4.69, 9.17) is 61.0 Å². The van der Waals surface area contributed by atoms with Crippen LogP contribution >= 0.6 is 0 Å². The summed E-state index contributed by atoms with van der Waals surface area (Å²) in [7, 11) is 0. The molecule has 0 aromatic carbocycles. The molecule has 238 valence electrons. The Hall–Kier alpha value is -2.72. The lowest BCUT2D eigenvalue weighted by atomic mass is 10.1. The van der Waals surface area contributed by atoms with Gasteiger partial charge in [0.25, 0.3) is 0 Å². The highest BCUT2D eigenvalue weighted by Gasteiger charge is 2.32. The molecule has 0 radical (unpaired) electrons. The molecule has 0 aliphatic heterocycles. The van der Waals surface area contributed by atoms with Crippen molar-refractivity contribution in [2.45, 2.75) is 12.0 Å². The van der Waals surface area contributed by atoms with Crippen molar-refractivity contribution in [3.63, 3.8) is 0 Å². The molecule has 0 saturated carbocycles. The Kier molecular flexibility index (Phi) is 29.2. The number of ether oxygens (including phenoxy) is 9. The van der Waals surface area contributed by atoms with Crippen LogP contribution in [0.25, 0.3) is 10.4 Å². The number of nitrogens with one attached hydrogen (secondary N) is 1. The summed E-state index contributed by atoms with van der Waals surface area (Å²) < 4.78 is 49.1. The smallest absolute Gasteiger partial charge is 0.222 e. The summed E-state index contributed by atoms with van der Waals surface area (Å²) in [4.78, 5) is 15.0. The summed E-state index contributed by atoms with van der Waals surface area (Å²) in [6.07, 6.45) is 12.4. The predicted molar refractivity (Wildman–Crippen MR) is 155 cm³/mol. The number of terminal acetylenes is 2. The van der Waals surface area contributed by atoms with Crippen LogP contribution in [0.1, 0.15) is 6.42 Å². The number of nitrogens with zero attached hydrogens (tertiary/aromatic N) is 3. The fourth-order valence-electron chi connectivity index (χ4n) is 2.96. The summed E-state index contributed by atoms with van der Waals surface area (Å²) in [5, 5.41) is 6.18. The van der Waals surface area contributed by atoms with Gasteiger partial charge in [-0.05, 0) is 5.53 Å². The van der Waals surface area contributed by atoms with Crippen LogP contribution in [-0.4, -0.2) is 137 Å². The number of azide groups is 1. The van der Waals surface area contributed by atoms with E-state index in [2.05, 4.69) is 33.8 Å². The van der Waals surface area contributed by atoms with Gasteiger partial charge in [-0.25, -0.2) is 0 Å². The van der Waals surface area contributed by atoms with Crippen molar-refractivity contribution >= 4 is 5.91 Å². The zero-order chi connectivity index (χ0) is 30.8. The highest BCUT2D eigenvalue weighted by atomic mass is 16.6. The van der Waals surface area contributed by atoms with Gasteiger partial charge < -0.3 is 47.9 Å². The summed E-state index contributed by atoms with van der Waals surface area (Å²) in [6.45, 7) is 9.58. The van der Waals surface area contributed by atoms with E-state index in [1.807, 2.05) is 0 Å². The third-order valence-corrected chi connectivity index (χ3v) is 4.95. The summed E-state index contributed by atoms with van der Waals surface area (Å²) in [5.74, 6) is 4.59. The molecule has 0 rings (SSSR count). The van der Waals surface area contributed by atoms with E-state index in [9.17, 15) is 4.79 Å². The normalized spacial score (nSPS) is 12.0. The van der Waals surface area contributed by atoms with Gasteiger partial charge in [-0.2, -0.15) is 0 Å². The molecule has 0 bridgehead atoms.